The van der Waals surface area contributed by atoms with E-state index in [0.717, 1.165) is 17.7 Å². The van der Waals surface area contributed by atoms with Crippen LogP contribution in [0.15, 0.2) is 30.3 Å². The lowest BCUT2D eigenvalue weighted by Gasteiger charge is -2.28. The average Bonchev–Trinajstić information content (AvgIpc) is 2.79. The van der Waals surface area contributed by atoms with Crippen molar-refractivity contribution in [3.63, 3.8) is 0 Å². The Morgan fingerprint density at radius 2 is 2.21 bits per heavy atom. The molecule has 4 heteroatoms. The normalized spacial score (nSPS) is 16.9. The number of fused-ring (bicyclic) bond motifs is 1. The number of nitrogens with one attached hydrogen (secondary N) is 2. The number of aromatic nitrogens is 2. The predicted molar refractivity (Wildman–Crippen MR) is 74.2 cm³/mol. The smallest absolute Gasteiger partial charge is 0.233 e. The molecule has 98 valence electrons. The summed E-state index contributed by atoms with van der Waals surface area (Å²) in [5.74, 6) is 0.983. The van der Waals surface area contributed by atoms with Crippen molar-refractivity contribution in [2.75, 3.05) is 5.32 Å². The fourth-order valence-corrected chi connectivity index (χ4v) is 2.40. The Balaban J connectivity index is 1.70. The predicted octanol–water partition coefficient (Wildman–Crippen LogP) is 2.81. The minimum Gasteiger partial charge on any atom is -0.309 e. The van der Waals surface area contributed by atoms with Crippen molar-refractivity contribution in [2.24, 2.45) is 0 Å². The molecular weight excluding hydrogens is 238 g/mol. The molecule has 1 unspecified atom stereocenters. The highest BCUT2D eigenvalue weighted by Crippen LogP contribution is 2.35. The van der Waals surface area contributed by atoms with Gasteiger partial charge in [0, 0.05) is 11.8 Å². The molecule has 0 fully saturated rings. The molecule has 0 aliphatic heterocycles. The number of aromatic amines is 1. The number of amides is 1. The van der Waals surface area contributed by atoms with E-state index in [9.17, 15) is 4.79 Å². The van der Waals surface area contributed by atoms with Crippen molar-refractivity contribution in [1.82, 2.24) is 10.2 Å². The van der Waals surface area contributed by atoms with E-state index in [4.69, 9.17) is 0 Å². The molecule has 19 heavy (non-hydrogen) atoms. The number of carbonyl (C=O) groups excluding carboxylic acids is 1. The molecule has 1 aromatic carbocycles. The van der Waals surface area contributed by atoms with Gasteiger partial charge in [0.15, 0.2) is 5.82 Å². The minimum atomic E-state index is -0.0320. The number of hydrogen-bond acceptors (Lipinski definition) is 2. The molecule has 0 radical (unpaired) electrons. The number of nitrogens with zero attached hydrogens (tertiary/aromatic N) is 1. The molecule has 1 amide bonds. The molecule has 2 aromatic rings. The molecule has 0 bridgehead atoms. The lowest BCUT2D eigenvalue weighted by molar-refractivity contribution is -0.118. The van der Waals surface area contributed by atoms with Crippen LogP contribution < -0.4 is 5.32 Å². The van der Waals surface area contributed by atoms with Gasteiger partial charge in [-0.1, -0.05) is 38.1 Å². The van der Waals surface area contributed by atoms with Crippen LogP contribution in [0.5, 0.6) is 0 Å². The molecule has 0 spiro atoms. The molecule has 1 aliphatic rings. The van der Waals surface area contributed by atoms with Gasteiger partial charge in [-0.2, -0.15) is 5.10 Å². The second-order valence-corrected chi connectivity index (χ2v) is 5.31. The van der Waals surface area contributed by atoms with Crippen molar-refractivity contribution < 1.29 is 4.79 Å². The fourth-order valence-electron chi connectivity index (χ4n) is 2.40. The third kappa shape index (κ3) is 2.14. The van der Waals surface area contributed by atoms with Crippen LogP contribution in [-0.4, -0.2) is 16.1 Å². The first-order valence-corrected chi connectivity index (χ1v) is 6.59. The summed E-state index contributed by atoms with van der Waals surface area (Å²) < 4.78 is 0. The van der Waals surface area contributed by atoms with Crippen LogP contribution in [0.25, 0.3) is 0 Å². The van der Waals surface area contributed by atoms with Gasteiger partial charge in [-0.15, -0.1) is 0 Å². The topological polar surface area (TPSA) is 57.8 Å². The van der Waals surface area contributed by atoms with E-state index in [-0.39, 0.29) is 11.8 Å². The molecule has 1 aliphatic carbocycles. The third-order valence-electron chi connectivity index (χ3n) is 3.64. The number of H-pyrrole nitrogens is 1. The molecule has 1 heterocycles. The first-order valence-electron chi connectivity index (χ1n) is 6.59. The van der Waals surface area contributed by atoms with Crippen LogP contribution in [0.4, 0.5) is 5.82 Å². The zero-order valence-electron chi connectivity index (χ0n) is 11.1. The number of rotatable bonds is 3. The van der Waals surface area contributed by atoms with E-state index in [2.05, 4.69) is 35.4 Å². The molecule has 0 saturated carbocycles. The van der Waals surface area contributed by atoms with Gasteiger partial charge in [0.1, 0.15) is 0 Å². The first-order chi connectivity index (χ1) is 9.15. The maximum Gasteiger partial charge on any atom is 0.233 e. The van der Waals surface area contributed by atoms with Crippen LogP contribution in [0.1, 0.15) is 42.5 Å². The van der Waals surface area contributed by atoms with Crippen molar-refractivity contribution in [3.8, 4) is 0 Å². The maximum atomic E-state index is 12.2. The molecule has 1 atom stereocenters. The molecule has 0 saturated heterocycles. The fraction of sp³-hybridized carbons (Fsp3) is 0.333. The van der Waals surface area contributed by atoms with Gasteiger partial charge >= 0.3 is 0 Å². The standard InChI is InChI=1S/C15H17N3O/c1-9(2)13-8-14(18-17-13)16-15(19)12-7-10-5-3-4-6-11(10)12/h3-6,8-9,12H,7H2,1-2H3,(H2,16,17,18,19). The SMILES string of the molecule is CC(C)c1cc(NC(=O)C2Cc3ccccc32)n[nH]1. The molecule has 3 rings (SSSR count). The average molecular weight is 255 g/mol. The Kier molecular flexibility index (Phi) is 2.85. The summed E-state index contributed by atoms with van der Waals surface area (Å²) in [5, 5.41) is 9.94. The Bertz CT molecular complexity index is 615. The summed E-state index contributed by atoms with van der Waals surface area (Å²) in [5.41, 5.74) is 3.44. The lowest BCUT2D eigenvalue weighted by atomic mass is 9.77. The zero-order valence-corrected chi connectivity index (χ0v) is 11.1. The number of hydrogen-bond donors (Lipinski definition) is 2. The summed E-state index contributed by atoms with van der Waals surface area (Å²) in [7, 11) is 0. The number of carbonyl (C=O) groups is 1. The van der Waals surface area contributed by atoms with Crippen molar-refractivity contribution >= 4 is 11.7 Å². The van der Waals surface area contributed by atoms with Crippen molar-refractivity contribution in [3.05, 3.63) is 47.2 Å². The van der Waals surface area contributed by atoms with E-state index in [0.29, 0.717) is 11.7 Å². The largest absolute Gasteiger partial charge is 0.309 e. The highest BCUT2D eigenvalue weighted by atomic mass is 16.2. The Hall–Kier alpha value is -2.10. The highest BCUT2D eigenvalue weighted by Gasteiger charge is 2.31. The summed E-state index contributed by atoms with van der Waals surface area (Å²) in [6, 6.07) is 9.98. The minimum absolute atomic E-state index is 0.0282. The van der Waals surface area contributed by atoms with Gasteiger partial charge in [-0.3, -0.25) is 9.89 Å². The number of anilines is 1. The van der Waals surface area contributed by atoms with Crippen molar-refractivity contribution in [2.45, 2.75) is 32.1 Å². The van der Waals surface area contributed by atoms with Gasteiger partial charge in [-0.05, 0) is 23.5 Å². The van der Waals surface area contributed by atoms with E-state index in [1.165, 1.54) is 5.56 Å². The molecule has 1 aromatic heterocycles. The maximum absolute atomic E-state index is 12.2. The summed E-state index contributed by atoms with van der Waals surface area (Å²) >= 11 is 0. The summed E-state index contributed by atoms with van der Waals surface area (Å²) in [6.45, 7) is 4.17. The van der Waals surface area contributed by atoms with E-state index < -0.39 is 0 Å². The van der Waals surface area contributed by atoms with Gasteiger partial charge in [0.05, 0.1) is 5.92 Å². The van der Waals surface area contributed by atoms with Crippen LogP contribution in [0, 0.1) is 0 Å². The quantitative estimate of drug-likeness (QED) is 0.886. The first kappa shape index (κ1) is 12.0. The van der Waals surface area contributed by atoms with Crippen LogP contribution in [-0.2, 0) is 11.2 Å². The van der Waals surface area contributed by atoms with Crippen LogP contribution >= 0.6 is 0 Å². The van der Waals surface area contributed by atoms with Gasteiger partial charge in [0.25, 0.3) is 0 Å². The zero-order chi connectivity index (χ0) is 13.4. The van der Waals surface area contributed by atoms with Gasteiger partial charge < -0.3 is 5.32 Å². The second kappa shape index (κ2) is 4.53. The number of benzene rings is 1. The van der Waals surface area contributed by atoms with E-state index in [1.807, 2.05) is 24.3 Å². The summed E-state index contributed by atoms with van der Waals surface area (Å²) in [6.07, 6.45) is 0.823. The molecular formula is C15H17N3O. The Labute approximate surface area is 112 Å². The third-order valence-corrected chi connectivity index (χ3v) is 3.64. The molecule has 2 N–H and O–H groups in total. The second-order valence-electron chi connectivity index (χ2n) is 5.31. The van der Waals surface area contributed by atoms with Crippen LogP contribution in [0.2, 0.25) is 0 Å². The Morgan fingerprint density at radius 3 is 2.89 bits per heavy atom. The van der Waals surface area contributed by atoms with Crippen molar-refractivity contribution in [1.29, 1.82) is 0 Å². The highest BCUT2D eigenvalue weighted by molar-refractivity contribution is 5.97. The summed E-state index contributed by atoms with van der Waals surface area (Å²) in [4.78, 5) is 12.2. The van der Waals surface area contributed by atoms with E-state index in [1.54, 1.807) is 0 Å². The lowest BCUT2D eigenvalue weighted by Crippen LogP contribution is -2.30. The van der Waals surface area contributed by atoms with Gasteiger partial charge in [-0.25, -0.2) is 0 Å². The van der Waals surface area contributed by atoms with Crippen LogP contribution in [0.3, 0.4) is 0 Å². The van der Waals surface area contributed by atoms with Gasteiger partial charge in [0.2, 0.25) is 5.91 Å². The molecule has 4 nitrogen and oxygen atoms in total. The van der Waals surface area contributed by atoms with E-state index >= 15 is 0 Å². The monoisotopic (exact) mass is 255 g/mol. The Morgan fingerprint density at radius 1 is 1.42 bits per heavy atom.